The van der Waals surface area contributed by atoms with Gasteiger partial charge in [-0.25, -0.2) is 13.9 Å². The van der Waals surface area contributed by atoms with E-state index in [2.05, 4.69) is 4.74 Å². The van der Waals surface area contributed by atoms with E-state index in [0.29, 0.717) is 0 Å². The van der Waals surface area contributed by atoms with Gasteiger partial charge in [0, 0.05) is 7.05 Å². The zero-order valence-electron chi connectivity index (χ0n) is 7.14. The molecule has 0 amide bonds. The summed E-state index contributed by atoms with van der Waals surface area (Å²) in [5.74, 6) is -2.49. The zero-order chi connectivity index (χ0) is 10.0. The van der Waals surface area contributed by atoms with E-state index < -0.39 is 17.4 Å². The van der Waals surface area contributed by atoms with E-state index in [1.807, 2.05) is 0 Å². The van der Waals surface area contributed by atoms with Gasteiger partial charge in [0.2, 0.25) is 0 Å². The Morgan fingerprint density at radius 2 is 1.92 bits per heavy atom. The Labute approximate surface area is 73.5 Å². The van der Waals surface area contributed by atoms with Crippen LogP contribution in [-0.2, 0) is 0 Å². The Hall–Kier alpha value is -1.39. The Balaban J connectivity index is 3.27. The van der Waals surface area contributed by atoms with Crippen LogP contribution in [0.3, 0.4) is 0 Å². The Morgan fingerprint density at radius 1 is 1.31 bits per heavy atom. The number of anilines is 1. The fourth-order valence-corrected chi connectivity index (χ4v) is 0.947. The van der Waals surface area contributed by atoms with Gasteiger partial charge in [0.1, 0.15) is 5.69 Å². The normalized spacial score (nSPS) is 9.92. The number of halogens is 3. The second-order valence-electron chi connectivity index (χ2n) is 2.39. The molecule has 0 aliphatic rings. The lowest BCUT2D eigenvalue weighted by Gasteiger charge is -2.11. The van der Waals surface area contributed by atoms with Crippen molar-refractivity contribution < 1.29 is 18.0 Å². The second kappa shape index (κ2) is 3.55. The SMILES string of the molecule is COc1c(F)ccc(N(C)F)c1F. The standard InChI is InChI=1S/C8H8F3NO/c1-12(11)6-4-3-5(9)8(13-2)7(6)10/h3-4H,1-2H3. The first-order chi connectivity index (χ1) is 6.07. The lowest BCUT2D eigenvalue weighted by Crippen LogP contribution is -2.06. The van der Waals surface area contributed by atoms with Crippen LogP contribution in [0.15, 0.2) is 12.1 Å². The molecule has 1 aromatic carbocycles. The largest absolute Gasteiger partial charge is 0.491 e. The van der Waals surface area contributed by atoms with E-state index >= 15 is 0 Å². The molecule has 0 aromatic heterocycles. The Bertz CT molecular complexity index is 315. The predicted octanol–water partition coefficient (Wildman–Crippen LogP) is 2.29. The summed E-state index contributed by atoms with van der Waals surface area (Å²) < 4.78 is 42.9. The first-order valence-corrected chi connectivity index (χ1v) is 3.49. The Morgan fingerprint density at radius 3 is 2.38 bits per heavy atom. The van der Waals surface area contributed by atoms with Crippen LogP contribution in [0.25, 0.3) is 0 Å². The molecule has 5 heteroatoms. The third kappa shape index (κ3) is 1.68. The van der Waals surface area contributed by atoms with Crippen LogP contribution in [0.4, 0.5) is 18.9 Å². The highest BCUT2D eigenvalue weighted by Gasteiger charge is 2.16. The van der Waals surface area contributed by atoms with Gasteiger partial charge in [-0.05, 0) is 12.1 Å². The van der Waals surface area contributed by atoms with Crippen LogP contribution in [0.1, 0.15) is 0 Å². The number of benzene rings is 1. The smallest absolute Gasteiger partial charge is 0.193 e. The monoisotopic (exact) mass is 191 g/mol. The van der Waals surface area contributed by atoms with Crippen LogP contribution in [0, 0.1) is 11.6 Å². The molecular weight excluding hydrogens is 183 g/mol. The number of hydrogen-bond acceptors (Lipinski definition) is 2. The molecule has 2 nitrogen and oxygen atoms in total. The molecule has 0 unspecified atom stereocenters. The summed E-state index contributed by atoms with van der Waals surface area (Å²) in [6, 6.07) is 1.93. The first kappa shape index (κ1) is 9.70. The van der Waals surface area contributed by atoms with Crippen molar-refractivity contribution in [1.82, 2.24) is 0 Å². The van der Waals surface area contributed by atoms with Crippen molar-refractivity contribution in [3.05, 3.63) is 23.8 Å². The maximum absolute atomic E-state index is 13.1. The molecule has 0 bridgehead atoms. The third-order valence-corrected chi connectivity index (χ3v) is 1.56. The lowest BCUT2D eigenvalue weighted by atomic mass is 10.2. The van der Waals surface area contributed by atoms with Crippen LogP contribution in [0.5, 0.6) is 5.75 Å². The van der Waals surface area contributed by atoms with Crippen molar-refractivity contribution in [3.8, 4) is 5.75 Å². The Kier molecular flexibility index (Phi) is 2.65. The van der Waals surface area contributed by atoms with Gasteiger partial charge >= 0.3 is 0 Å². The summed E-state index contributed by atoms with van der Waals surface area (Å²) >= 11 is 0. The van der Waals surface area contributed by atoms with Gasteiger partial charge < -0.3 is 4.74 Å². The highest BCUT2D eigenvalue weighted by molar-refractivity contribution is 5.50. The fraction of sp³-hybridized carbons (Fsp3) is 0.250. The van der Waals surface area contributed by atoms with Gasteiger partial charge in [-0.3, -0.25) is 0 Å². The van der Waals surface area contributed by atoms with Crippen molar-refractivity contribution in [2.75, 3.05) is 19.3 Å². The van der Waals surface area contributed by atoms with E-state index in [-0.39, 0.29) is 10.8 Å². The maximum Gasteiger partial charge on any atom is 0.193 e. The van der Waals surface area contributed by atoms with Crippen LogP contribution < -0.4 is 9.86 Å². The highest BCUT2D eigenvalue weighted by Crippen LogP contribution is 2.29. The summed E-state index contributed by atoms with van der Waals surface area (Å²) in [5, 5.41) is 0.0529. The molecule has 1 aromatic rings. The van der Waals surface area contributed by atoms with Crippen molar-refractivity contribution in [2.24, 2.45) is 0 Å². The minimum Gasteiger partial charge on any atom is -0.491 e. The minimum atomic E-state index is -1.05. The van der Waals surface area contributed by atoms with Gasteiger partial charge in [0.25, 0.3) is 0 Å². The molecule has 0 aliphatic carbocycles. The minimum absolute atomic E-state index is 0.0529. The zero-order valence-corrected chi connectivity index (χ0v) is 7.14. The predicted molar refractivity (Wildman–Crippen MR) is 42.4 cm³/mol. The van der Waals surface area contributed by atoms with E-state index in [4.69, 9.17) is 0 Å². The molecule has 0 aliphatic heterocycles. The summed E-state index contributed by atoms with van der Waals surface area (Å²) in [5.41, 5.74) is -0.363. The van der Waals surface area contributed by atoms with Crippen molar-refractivity contribution in [2.45, 2.75) is 0 Å². The number of nitrogens with zero attached hydrogens (tertiary/aromatic N) is 1. The number of methoxy groups -OCH3 is 1. The van der Waals surface area contributed by atoms with E-state index in [1.165, 1.54) is 0 Å². The average Bonchev–Trinajstić information content (AvgIpc) is 2.04. The number of hydrogen-bond donors (Lipinski definition) is 0. The topological polar surface area (TPSA) is 12.5 Å². The molecule has 0 saturated carbocycles. The average molecular weight is 191 g/mol. The number of ether oxygens (including phenoxy) is 1. The van der Waals surface area contributed by atoms with Gasteiger partial charge in [-0.15, -0.1) is 4.48 Å². The molecule has 0 radical (unpaired) electrons. The van der Waals surface area contributed by atoms with Gasteiger partial charge in [0.15, 0.2) is 17.4 Å². The van der Waals surface area contributed by atoms with Crippen molar-refractivity contribution in [1.29, 1.82) is 0 Å². The third-order valence-electron chi connectivity index (χ3n) is 1.56. The summed E-state index contributed by atoms with van der Waals surface area (Å²) in [4.78, 5) is 0. The van der Waals surface area contributed by atoms with Crippen LogP contribution in [-0.4, -0.2) is 14.2 Å². The molecule has 0 saturated heterocycles. The molecule has 1 rings (SSSR count). The molecule has 72 valence electrons. The van der Waals surface area contributed by atoms with Gasteiger partial charge in [-0.1, -0.05) is 0 Å². The molecule has 0 fully saturated rings. The molecule has 0 atom stereocenters. The first-order valence-electron chi connectivity index (χ1n) is 3.49. The molecule has 13 heavy (non-hydrogen) atoms. The van der Waals surface area contributed by atoms with Crippen LogP contribution >= 0.6 is 0 Å². The highest BCUT2D eigenvalue weighted by atomic mass is 19.2. The van der Waals surface area contributed by atoms with E-state index in [0.717, 1.165) is 26.3 Å². The molecular formula is C8H8F3NO. The molecule has 0 heterocycles. The summed E-state index contributed by atoms with van der Waals surface area (Å²) in [6.45, 7) is 0. The van der Waals surface area contributed by atoms with E-state index in [1.54, 1.807) is 0 Å². The second-order valence-corrected chi connectivity index (χ2v) is 2.39. The molecule has 0 N–H and O–H groups in total. The van der Waals surface area contributed by atoms with Crippen molar-refractivity contribution in [3.63, 3.8) is 0 Å². The summed E-state index contributed by atoms with van der Waals surface area (Å²) in [6.07, 6.45) is 0. The summed E-state index contributed by atoms with van der Waals surface area (Å²) in [7, 11) is 2.12. The van der Waals surface area contributed by atoms with Gasteiger partial charge in [0.05, 0.1) is 7.11 Å². The fourth-order valence-electron chi connectivity index (χ4n) is 0.947. The quantitative estimate of drug-likeness (QED) is 0.665. The van der Waals surface area contributed by atoms with Crippen LogP contribution in [0.2, 0.25) is 0 Å². The molecule has 0 spiro atoms. The van der Waals surface area contributed by atoms with Crippen molar-refractivity contribution >= 4 is 5.69 Å². The van der Waals surface area contributed by atoms with E-state index in [9.17, 15) is 13.3 Å². The van der Waals surface area contributed by atoms with Gasteiger partial charge in [-0.2, -0.15) is 0 Å². The number of rotatable bonds is 2. The maximum atomic E-state index is 13.1. The lowest BCUT2D eigenvalue weighted by molar-refractivity contribution is 0.356.